The first kappa shape index (κ1) is 19.4. The van der Waals surface area contributed by atoms with Crippen LogP contribution in [0.4, 0.5) is 0 Å². The second-order valence-electron chi connectivity index (χ2n) is 8.77. The zero-order chi connectivity index (χ0) is 20.1. The summed E-state index contributed by atoms with van der Waals surface area (Å²) < 4.78 is 0. The van der Waals surface area contributed by atoms with Gasteiger partial charge in [-0.25, -0.2) is 0 Å². The summed E-state index contributed by atoms with van der Waals surface area (Å²) in [6, 6.07) is 6.67. The van der Waals surface area contributed by atoms with Crippen LogP contribution in [0.5, 0.6) is 23.0 Å². The van der Waals surface area contributed by atoms with Crippen molar-refractivity contribution < 1.29 is 20.4 Å². The molecule has 0 fully saturated rings. The quantitative estimate of drug-likeness (QED) is 0.468. The molecule has 2 atom stereocenters. The van der Waals surface area contributed by atoms with Gasteiger partial charge in [-0.3, -0.25) is 0 Å². The van der Waals surface area contributed by atoms with Gasteiger partial charge in [-0.15, -0.1) is 0 Å². The molecule has 4 rings (SSSR count). The summed E-state index contributed by atoms with van der Waals surface area (Å²) in [4.78, 5) is 0. The van der Waals surface area contributed by atoms with Crippen molar-refractivity contribution in [3.8, 4) is 23.0 Å². The molecule has 27 heavy (non-hydrogen) atoms. The molecule has 4 nitrogen and oxygen atoms in total. The maximum atomic E-state index is 10.1. The van der Waals surface area contributed by atoms with Crippen LogP contribution in [0.1, 0.15) is 82.1 Å². The second-order valence-corrected chi connectivity index (χ2v) is 8.77. The summed E-state index contributed by atoms with van der Waals surface area (Å²) in [6.45, 7) is 10.6. The molecule has 0 aromatic heterocycles. The first-order chi connectivity index (χ1) is 12.6. The van der Waals surface area contributed by atoms with E-state index in [1.54, 1.807) is 24.3 Å². The van der Waals surface area contributed by atoms with Gasteiger partial charge in [0.25, 0.3) is 0 Å². The van der Waals surface area contributed by atoms with E-state index in [-0.39, 0.29) is 39.7 Å². The Bertz CT molecular complexity index is 884. The van der Waals surface area contributed by atoms with Crippen molar-refractivity contribution in [3.63, 3.8) is 0 Å². The van der Waals surface area contributed by atoms with E-state index >= 15 is 0 Å². The standard InChI is InChI=1S/C20H22O4.C3H8/c1-10-8-20(12-5-16(22)15(21)4-11(10)12)9-19(2,3)13-6-17(23)18(24)7-14(13)20;1-3-2/h4-7,10,21-24H,8-9H2,1-3H3;3H2,1-2H3. The Balaban J connectivity index is 0.000000659. The van der Waals surface area contributed by atoms with Crippen molar-refractivity contribution in [3.05, 3.63) is 46.5 Å². The third-order valence-corrected chi connectivity index (χ3v) is 5.95. The van der Waals surface area contributed by atoms with E-state index in [9.17, 15) is 20.4 Å². The Morgan fingerprint density at radius 2 is 1.26 bits per heavy atom. The highest BCUT2D eigenvalue weighted by atomic mass is 16.3. The SMILES string of the molecule is CC1CC2(CC(C)(C)c3cc(O)c(O)cc32)c2cc(O)c(O)cc21.CCC. The molecule has 0 radical (unpaired) electrons. The summed E-state index contributed by atoms with van der Waals surface area (Å²) in [6.07, 6.45) is 2.94. The van der Waals surface area contributed by atoms with Gasteiger partial charge in [0.05, 0.1) is 0 Å². The summed E-state index contributed by atoms with van der Waals surface area (Å²) in [7, 11) is 0. The molecular weight excluding hydrogens is 340 g/mol. The van der Waals surface area contributed by atoms with E-state index in [1.165, 1.54) is 6.42 Å². The van der Waals surface area contributed by atoms with Gasteiger partial charge in [0.15, 0.2) is 23.0 Å². The van der Waals surface area contributed by atoms with Crippen molar-refractivity contribution in [2.45, 2.75) is 70.6 Å². The number of aromatic hydroxyl groups is 4. The van der Waals surface area contributed by atoms with Crippen LogP contribution in [0.3, 0.4) is 0 Å². The lowest BCUT2D eigenvalue weighted by Gasteiger charge is -2.29. The van der Waals surface area contributed by atoms with Crippen molar-refractivity contribution in [2.24, 2.45) is 0 Å². The average molecular weight is 370 g/mol. The molecule has 2 aliphatic rings. The predicted octanol–water partition coefficient (Wildman–Crippen LogP) is 5.40. The van der Waals surface area contributed by atoms with Crippen LogP contribution in [-0.2, 0) is 10.8 Å². The van der Waals surface area contributed by atoms with Gasteiger partial charge in [-0.1, -0.05) is 41.0 Å². The van der Waals surface area contributed by atoms with E-state index < -0.39 is 0 Å². The largest absolute Gasteiger partial charge is 0.504 e. The highest BCUT2D eigenvalue weighted by Crippen LogP contribution is 2.63. The van der Waals surface area contributed by atoms with Crippen LogP contribution in [0.2, 0.25) is 0 Å². The lowest BCUT2D eigenvalue weighted by Crippen LogP contribution is -2.24. The van der Waals surface area contributed by atoms with E-state index in [2.05, 4.69) is 34.6 Å². The van der Waals surface area contributed by atoms with E-state index in [0.717, 1.165) is 35.1 Å². The zero-order valence-corrected chi connectivity index (χ0v) is 16.8. The highest BCUT2D eigenvalue weighted by Gasteiger charge is 2.54. The van der Waals surface area contributed by atoms with Gasteiger partial charge in [0.1, 0.15) is 0 Å². The van der Waals surface area contributed by atoms with Crippen molar-refractivity contribution in [2.75, 3.05) is 0 Å². The number of fused-ring (bicyclic) bond motifs is 4. The Kier molecular flexibility index (Phi) is 4.57. The molecule has 0 saturated heterocycles. The minimum atomic E-state index is -0.316. The van der Waals surface area contributed by atoms with Crippen LogP contribution in [-0.4, -0.2) is 20.4 Å². The van der Waals surface area contributed by atoms with Crippen molar-refractivity contribution in [1.29, 1.82) is 0 Å². The summed E-state index contributed by atoms with van der Waals surface area (Å²) in [5.74, 6) is -0.182. The van der Waals surface area contributed by atoms with E-state index in [0.29, 0.717) is 0 Å². The Morgan fingerprint density at radius 3 is 1.81 bits per heavy atom. The molecule has 0 bridgehead atoms. The first-order valence-electron chi connectivity index (χ1n) is 9.70. The maximum Gasteiger partial charge on any atom is 0.157 e. The normalized spacial score (nSPS) is 24.3. The fourth-order valence-corrected chi connectivity index (χ4v) is 5.06. The van der Waals surface area contributed by atoms with Crippen molar-refractivity contribution >= 4 is 0 Å². The molecule has 0 heterocycles. The molecule has 2 aromatic carbocycles. The Labute approximate surface area is 161 Å². The van der Waals surface area contributed by atoms with Gasteiger partial charge in [0.2, 0.25) is 0 Å². The third kappa shape index (κ3) is 2.82. The fraction of sp³-hybridized carbons (Fsp3) is 0.478. The molecule has 2 unspecified atom stereocenters. The van der Waals surface area contributed by atoms with Gasteiger partial charge < -0.3 is 20.4 Å². The molecule has 146 valence electrons. The van der Waals surface area contributed by atoms with Crippen molar-refractivity contribution in [1.82, 2.24) is 0 Å². The van der Waals surface area contributed by atoms with Crippen LogP contribution in [0.25, 0.3) is 0 Å². The molecule has 0 amide bonds. The van der Waals surface area contributed by atoms with Crippen LogP contribution >= 0.6 is 0 Å². The minimum Gasteiger partial charge on any atom is -0.504 e. The van der Waals surface area contributed by atoms with E-state index in [1.807, 2.05) is 0 Å². The minimum absolute atomic E-state index is 0.0938. The Hall–Kier alpha value is -2.36. The number of phenolic OH excluding ortho intramolecular Hbond substituents is 4. The highest BCUT2D eigenvalue weighted by molar-refractivity contribution is 5.64. The topological polar surface area (TPSA) is 80.9 Å². The molecular formula is C23H30O4. The molecule has 4 N–H and O–H groups in total. The molecule has 4 heteroatoms. The zero-order valence-electron chi connectivity index (χ0n) is 16.8. The smallest absolute Gasteiger partial charge is 0.157 e. The third-order valence-electron chi connectivity index (χ3n) is 5.95. The van der Waals surface area contributed by atoms with Gasteiger partial charge in [0, 0.05) is 5.41 Å². The molecule has 0 saturated carbocycles. The maximum absolute atomic E-state index is 10.1. The number of hydrogen-bond donors (Lipinski definition) is 4. The van der Waals surface area contributed by atoms with E-state index in [4.69, 9.17) is 0 Å². The van der Waals surface area contributed by atoms with Crippen LogP contribution in [0.15, 0.2) is 24.3 Å². The predicted molar refractivity (Wildman–Crippen MR) is 107 cm³/mol. The summed E-state index contributed by atoms with van der Waals surface area (Å²) in [5, 5.41) is 40.0. The summed E-state index contributed by atoms with van der Waals surface area (Å²) >= 11 is 0. The van der Waals surface area contributed by atoms with Gasteiger partial charge in [-0.05, 0) is 70.7 Å². The summed E-state index contributed by atoms with van der Waals surface area (Å²) in [5.41, 5.74) is 3.63. The number of benzene rings is 2. The lowest BCUT2D eigenvalue weighted by atomic mass is 9.74. The van der Waals surface area contributed by atoms with Crippen LogP contribution in [0, 0.1) is 0 Å². The first-order valence-corrected chi connectivity index (χ1v) is 9.70. The number of rotatable bonds is 0. The number of phenols is 4. The molecule has 1 spiro atoms. The number of hydrogen-bond acceptors (Lipinski definition) is 4. The molecule has 2 aliphatic carbocycles. The molecule has 0 aliphatic heterocycles. The Morgan fingerprint density at radius 1 is 0.815 bits per heavy atom. The molecule has 2 aromatic rings. The van der Waals surface area contributed by atoms with Gasteiger partial charge >= 0.3 is 0 Å². The second kappa shape index (κ2) is 6.36. The lowest BCUT2D eigenvalue weighted by molar-refractivity contribution is 0.383. The van der Waals surface area contributed by atoms with Crippen LogP contribution < -0.4 is 0 Å². The monoisotopic (exact) mass is 370 g/mol. The average Bonchev–Trinajstić information content (AvgIpc) is 2.94. The fourth-order valence-electron chi connectivity index (χ4n) is 5.06. The van der Waals surface area contributed by atoms with Gasteiger partial charge in [-0.2, -0.15) is 0 Å².